The van der Waals surface area contributed by atoms with Gasteiger partial charge in [-0.3, -0.25) is 0 Å². The molecule has 96 valence electrons. The van der Waals surface area contributed by atoms with Crippen LogP contribution in [0.25, 0.3) is 10.6 Å². The number of hydrogen-bond donors (Lipinski definition) is 1. The molecular formula is C14H19N3S. The predicted octanol–water partition coefficient (Wildman–Crippen LogP) is 3.06. The topological polar surface area (TPSA) is 51.8 Å². The van der Waals surface area contributed by atoms with Crippen molar-refractivity contribution >= 4 is 11.3 Å². The molecule has 0 fully saturated rings. The highest BCUT2D eigenvalue weighted by molar-refractivity contribution is 7.13. The van der Waals surface area contributed by atoms with Crippen LogP contribution in [0.4, 0.5) is 0 Å². The molecule has 0 amide bonds. The number of aryl methyl sites for hydroxylation is 2. The van der Waals surface area contributed by atoms with Gasteiger partial charge in [-0.2, -0.15) is 0 Å². The van der Waals surface area contributed by atoms with Gasteiger partial charge in [-0.25, -0.2) is 9.97 Å². The van der Waals surface area contributed by atoms with E-state index < -0.39 is 0 Å². The first-order chi connectivity index (χ1) is 8.44. The zero-order valence-corrected chi connectivity index (χ0v) is 12.1. The molecule has 2 aromatic heterocycles. The van der Waals surface area contributed by atoms with E-state index in [4.69, 9.17) is 10.7 Å². The minimum atomic E-state index is -0.189. The SMILES string of the molecule is Cc1cc(-c2sccc2C)nc(C(C)(C)CN)n1. The van der Waals surface area contributed by atoms with E-state index in [0.29, 0.717) is 6.54 Å². The van der Waals surface area contributed by atoms with Gasteiger partial charge in [0, 0.05) is 17.7 Å². The monoisotopic (exact) mass is 261 g/mol. The van der Waals surface area contributed by atoms with Crippen LogP contribution in [-0.2, 0) is 5.41 Å². The normalized spacial score (nSPS) is 11.8. The standard InChI is InChI=1S/C14H19N3S/c1-9-5-6-18-12(9)11-7-10(2)16-13(17-11)14(3,4)8-15/h5-7H,8,15H2,1-4H3. The molecule has 2 heterocycles. The molecule has 0 saturated carbocycles. The van der Waals surface area contributed by atoms with Gasteiger partial charge in [0.2, 0.25) is 0 Å². The fourth-order valence-electron chi connectivity index (χ4n) is 1.71. The Hall–Kier alpha value is -1.26. The predicted molar refractivity (Wildman–Crippen MR) is 76.9 cm³/mol. The van der Waals surface area contributed by atoms with Crippen LogP contribution in [0.1, 0.15) is 30.9 Å². The maximum atomic E-state index is 5.81. The highest BCUT2D eigenvalue weighted by atomic mass is 32.1. The summed E-state index contributed by atoms with van der Waals surface area (Å²) in [6.07, 6.45) is 0. The first kappa shape index (κ1) is 13.2. The van der Waals surface area contributed by atoms with E-state index in [1.807, 2.05) is 13.0 Å². The molecule has 0 aliphatic rings. The lowest BCUT2D eigenvalue weighted by Gasteiger charge is -2.21. The second-order valence-corrected chi connectivity index (χ2v) is 6.16. The second-order valence-electron chi connectivity index (χ2n) is 5.24. The van der Waals surface area contributed by atoms with Crippen molar-refractivity contribution in [3.63, 3.8) is 0 Å². The minimum Gasteiger partial charge on any atom is -0.329 e. The van der Waals surface area contributed by atoms with E-state index >= 15 is 0 Å². The van der Waals surface area contributed by atoms with E-state index in [1.165, 1.54) is 10.4 Å². The van der Waals surface area contributed by atoms with Gasteiger partial charge < -0.3 is 5.73 Å². The zero-order valence-electron chi connectivity index (χ0n) is 11.3. The quantitative estimate of drug-likeness (QED) is 0.924. The largest absolute Gasteiger partial charge is 0.329 e. The third kappa shape index (κ3) is 2.44. The van der Waals surface area contributed by atoms with Crippen LogP contribution in [0.5, 0.6) is 0 Å². The Bertz CT molecular complexity index is 558. The van der Waals surface area contributed by atoms with E-state index in [-0.39, 0.29) is 5.41 Å². The van der Waals surface area contributed by atoms with Gasteiger partial charge in [-0.1, -0.05) is 13.8 Å². The van der Waals surface area contributed by atoms with Gasteiger partial charge in [0.05, 0.1) is 10.6 Å². The van der Waals surface area contributed by atoms with Gasteiger partial charge in [0.15, 0.2) is 0 Å². The van der Waals surface area contributed by atoms with Crippen molar-refractivity contribution in [2.75, 3.05) is 6.54 Å². The summed E-state index contributed by atoms with van der Waals surface area (Å²) in [5, 5.41) is 2.09. The Labute approximate surface area is 112 Å². The van der Waals surface area contributed by atoms with Crippen LogP contribution in [-0.4, -0.2) is 16.5 Å². The lowest BCUT2D eigenvalue weighted by atomic mass is 9.92. The van der Waals surface area contributed by atoms with Crippen LogP contribution < -0.4 is 5.73 Å². The lowest BCUT2D eigenvalue weighted by molar-refractivity contribution is 0.501. The average molecular weight is 261 g/mol. The van der Waals surface area contributed by atoms with Gasteiger partial charge in [-0.05, 0) is 36.9 Å². The number of aromatic nitrogens is 2. The number of thiophene rings is 1. The first-order valence-corrected chi connectivity index (χ1v) is 6.93. The lowest BCUT2D eigenvalue weighted by Crippen LogP contribution is -2.30. The van der Waals surface area contributed by atoms with Crippen molar-refractivity contribution in [1.29, 1.82) is 0 Å². The van der Waals surface area contributed by atoms with Crippen molar-refractivity contribution in [2.24, 2.45) is 5.73 Å². The molecule has 2 N–H and O–H groups in total. The van der Waals surface area contributed by atoms with Crippen molar-refractivity contribution in [3.8, 4) is 10.6 Å². The van der Waals surface area contributed by atoms with Crippen LogP contribution in [0.3, 0.4) is 0 Å². The van der Waals surface area contributed by atoms with Gasteiger partial charge in [0.1, 0.15) is 5.82 Å². The Kier molecular flexibility index (Phi) is 3.50. The molecule has 0 unspecified atom stereocenters. The van der Waals surface area contributed by atoms with Crippen LogP contribution in [0, 0.1) is 13.8 Å². The van der Waals surface area contributed by atoms with E-state index in [9.17, 15) is 0 Å². The number of rotatable bonds is 3. The molecule has 3 nitrogen and oxygen atoms in total. The molecule has 0 radical (unpaired) electrons. The van der Waals surface area contributed by atoms with Crippen LogP contribution >= 0.6 is 11.3 Å². The summed E-state index contributed by atoms with van der Waals surface area (Å²) < 4.78 is 0. The summed E-state index contributed by atoms with van der Waals surface area (Å²) in [5.74, 6) is 0.827. The highest BCUT2D eigenvalue weighted by Crippen LogP contribution is 2.29. The molecule has 0 spiro atoms. The summed E-state index contributed by atoms with van der Waals surface area (Å²) in [5.41, 5.74) is 8.88. The van der Waals surface area contributed by atoms with Crippen LogP contribution in [0.15, 0.2) is 17.5 Å². The minimum absolute atomic E-state index is 0.189. The van der Waals surface area contributed by atoms with Crippen molar-refractivity contribution in [1.82, 2.24) is 9.97 Å². The molecule has 0 aliphatic heterocycles. The summed E-state index contributed by atoms with van der Waals surface area (Å²) in [6, 6.07) is 4.15. The van der Waals surface area contributed by atoms with Gasteiger partial charge >= 0.3 is 0 Å². The molecule has 18 heavy (non-hydrogen) atoms. The fourth-order valence-corrected chi connectivity index (χ4v) is 2.60. The Morgan fingerprint density at radius 2 is 2.00 bits per heavy atom. The zero-order chi connectivity index (χ0) is 13.3. The first-order valence-electron chi connectivity index (χ1n) is 6.05. The average Bonchev–Trinajstić information content (AvgIpc) is 2.74. The van der Waals surface area contributed by atoms with E-state index in [0.717, 1.165) is 17.2 Å². The van der Waals surface area contributed by atoms with Crippen molar-refractivity contribution in [2.45, 2.75) is 33.1 Å². The maximum Gasteiger partial charge on any atom is 0.136 e. The summed E-state index contributed by atoms with van der Waals surface area (Å²) >= 11 is 1.72. The molecule has 0 aromatic carbocycles. The van der Waals surface area contributed by atoms with E-state index in [1.54, 1.807) is 11.3 Å². The Balaban J connectivity index is 2.55. The third-order valence-corrected chi connectivity index (χ3v) is 4.10. The molecule has 0 atom stereocenters. The Morgan fingerprint density at radius 1 is 1.28 bits per heavy atom. The maximum absolute atomic E-state index is 5.81. The molecule has 4 heteroatoms. The molecule has 0 aliphatic carbocycles. The van der Waals surface area contributed by atoms with Crippen molar-refractivity contribution in [3.05, 3.63) is 34.6 Å². The number of hydrogen-bond acceptors (Lipinski definition) is 4. The summed E-state index contributed by atoms with van der Waals surface area (Å²) in [4.78, 5) is 10.4. The third-order valence-electron chi connectivity index (χ3n) is 3.06. The summed E-state index contributed by atoms with van der Waals surface area (Å²) in [7, 11) is 0. The van der Waals surface area contributed by atoms with Crippen molar-refractivity contribution < 1.29 is 0 Å². The molecular weight excluding hydrogens is 242 g/mol. The highest BCUT2D eigenvalue weighted by Gasteiger charge is 2.23. The number of nitrogens with two attached hydrogens (primary N) is 1. The summed E-state index contributed by atoms with van der Waals surface area (Å²) in [6.45, 7) is 8.81. The van der Waals surface area contributed by atoms with Gasteiger partial charge in [0.25, 0.3) is 0 Å². The fraction of sp³-hybridized carbons (Fsp3) is 0.429. The molecule has 2 rings (SSSR count). The smallest absolute Gasteiger partial charge is 0.136 e. The van der Waals surface area contributed by atoms with E-state index in [2.05, 4.69) is 37.2 Å². The molecule has 2 aromatic rings. The van der Waals surface area contributed by atoms with Crippen LogP contribution in [0.2, 0.25) is 0 Å². The second kappa shape index (κ2) is 4.78. The Morgan fingerprint density at radius 3 is 2.56 bits per heavy atom. The molecule has 0 saturated heterocycles. The van der Waals surface area contributed by atoms with Gasteiger partial charge in [-0.15, -0.1) is 11.3 Å². The number of nitrogens with zero attached hydrogens (tertiary/aromatic N) is 2. The molecule has 0 bridgehead atoms.